The second-order valence-electron chi connectivity index (χ2n) is 4.25. The van der Waals surface area contributed by atoms with Gasteiger partial charge in [0.15, 0.2) is 0 Å². The number of sulfonamides is 1. The Morgan fingerprint density at radius 1 is 1.38 bits per heavy atom. The number of rotatable bonds is 5. The van der Waals surface area contributed by atoms with Gasteiger partial charge in [-0.3, -0.25) is 4.72 Å². The highest BCUT2D eigenvalue weighted by molar-refractivity contribution is 7.92. The van der Waals surface area contributed by atoms with Crippen LogP contribution in [0.3, 0.4) is 0 Å². The average Bonchev–Trinajstić information content (AvgIpc) is 2.81. The Morgan fingerprint density at radius 3 is 2.62 bits per heavy atom. The number of anilines is 1. The Kier molecular flexibility index (Phi) is 4.46. The van der Waals surface area contributed by atoms with E-state index in [4.69, 9.17) is 25.9 Å². The van der Waals surface area contributed by atoms with Crippen LogP contribution in [0.15, 0.2) is 33.6 Å². The molecule has 0 spiro atoms. The molecule has 0 fully saturated rings. The van der Waals surface area contributed by atoms with Gasteiger partial charge in [-0.05, 0) is 25.1 Å². The molecule has 8 heteroatoms. The van der Waals surface area contributed by atoms with E-state index in [0.29, 0.717) is 11.4 Å². The number of benzene rings is 1. The molecule has 0 saturated carbocycles. The third kappa shape index (κ3) is 3.31. The van der Waals surface area contributed by atoms with Crippen molar-refractivity contribution in [1.29, 1.82) is 0 Å². The first kappa shape index (κ1) is 15.7. The number of aliphatic hydroxyl groups is 1. The molecular formula is C13H14ClNO5S. The van der Waals surface area contributed by atoms with E-state index in [1.54, 1.807) is 6.07 Å². The van der Waals surface area contributed by atoms with Crippen LogP contribution in [-0.2, 0) is 16.6 Å². The van der Waals surface area contributed by atoms with E-state index in [1.165, 1.54) is 32.2 Å². The Morgan fingerprint density at radius 2 is 2.10 bits per heavy atom. The largest absolute Gasteiger partial charge is 0.495 e. The van der Waals surface area contributed by atoms with E-state index < -0.39 is 10.0 Å². The standard InChI is InChI=1S/C13H14ClNO5S/c1-8-13(6-10(7-16)20-8)21(17,18)15-9-3-4-12(19-2)11(14)5-9/h3-6,15-16H,7H2,1-2H3. The van der Waals surface area contributed by atoms with Gasteiger partial charge in [-0.25, -0.2) is 8.42 Å². The first-order chi connectivity index (χ1) is 9.87. The summed E-state index contributed by atoms with van der Waals surface area (Å²) in [5.41, 5.74) is 0.298. The molecule has 6 nitrogen and oxygen atoms in total. The van der Waals surface area contributed by atoms with Crippen LogP contribution in [-0.4, -0.2) is 20.6 Å². The van der Waals surface area contributed by atoms with Gasteiger partial charge in [0.25, 0.3) is 10.0 Å². The third-order valence-corrected chi connectivity index (χ3v) is 4.56. The van der Waals surface area contributed by atoms with Gasteiger partial charge in [0.05, 0.1) is 17.8 Å². The number of hydrogen-bond donors (Lipinski definition) is 2. The molecule has 2 rings (SSSR count). The van der Waals surface area contributed by atoms with E-state index >= 15 is 0 Å². The maximum atomic E-state index is 12.3. The lowest BCUT2D eigenvalue weighted by molar-refractivity contribution is 0.245. The number of ether oxygens (including phenoxy) is 1. The normalized spacial score (nSPS) is 11.4. The smallest absolute Gasteiger partial charge is 0.265 e. The SMILES string of the molecule is COc1ccc(NS(=O)(=O)c2cc(CO)oc2C)cc1Cl. The third-order valence-electron chi connectivity index (χ3n) is 2.77. The van der Waals surface area contributed by atoms with Gasteiger partial charge in [0.1, 0.15) is 28.8 Å². The molecular weight excluding hydrogens is 318 g/mol. The summed E-state index contributed by atoms with van der Waals surface area (Å²) in [7, 11) is -2.36. The van der Waals surface area contributed by atoms with Crippen LogP contribution >= 0.6 is 11.6 Å². The minimum absolute atomic E-state index is 0.0292. The minimum Gasteiger partial charge on any atom is -0.495 e. The molecule has 1 heterocycles. The molecule has 0 amide bonds. The number of furan rings is 1. The molecule has 0 bridgehead atoms. The van der Waals surface area contributed by atoms with Crippen molar-refractivity contribution in [3.63, 3.8) is 0 Å². The molecule has 0 aliphatic heterocycles. The number of nitrogens with one attached hydrogen (secondary N) is 1. The van der Waals surface area contributed by atoms with E-state index in [-0.39, 0.29) is 28.0 Å². The zero-order chi connectivity index (χ0) is 15.6. The quantitative estimate of drug-likeness (QED) is 0.879. The van der Waals surface area contributed by atoms with Gasteiger partial charge in [0.2, 0.25) is 0 Å². The molecule has 1 aromatic heterocycles. The molecule has 0 aliphatic carbocycles. The molecule has 21 heavy (non-hydrogen) atoms. The maximum Gasteiger partial charge on any atom is 0.265 e. The predicted octanol–water partition coefficient (Wildman–Crippen LogP) is 2.54. The Bertz CT molecular complexity index is 754. The van der Waals surface area contributed by atoms with Crippen molar-refractivity contribution < 1.29 is 22.7 Å². The van der Waals surface area contributed by atoms with E-state index in [9.17, 15) is 8.42 Å². The van der Waals surface area contributed by atoms with Crippen molar-refractivity contribution in [3.05, 3.63) is 40.8 Å². The van der Waals surface area contributed by atoms with Crippen LogP contribution in [0.25, 0.3) is 0 Å². The zero-order valence-electron chi connectivity index (χ0n) is 11.4. The Labute approximate surface area is 127 Å². The highest BCUT2D eigenvalue weighted by atomic mass is 35.5. The summed E-state index contributed by atoms with van der Waals surface area (Å²) in [6, 6.07) is 5.81. The van der Waals surface area contributed by atoms with Crippen molar-refractivity contribution in [2.75, 3.05) is 11.8 Å². The van der Waals surface area contributed by atoms with Gasteiger partial charge < -0.3 is 14.3 Å². The lowest BCUT2D eigenvalue weighted by Gasteiger charge is -2.09. The number of halogens is 1. The van der Waals surface area contributed by atoms with Gasteiger partial charge in [-0.2, -0.15) is 0 Å². The number of aliphatic hydroxyl groups excluding tert-OH is 1. The van der Waals surface area contributed by atoms with Crippen molar-refractivity contribution >= 4 is 27.3 Å². The molecule has 0 radical (unpaired) electrons. The highest BCUT2D eigenvalue weighted by Crippen LogP contribution is 2.29. The van der Waals surface area contributed by atoms with Crippen molar-refractivity contribution in [1.82, 2.24) is 0 Å². The van der Waals surface area contributed by atoms with Gasteiger partial charge in [-0.1, -0.05) is 11.6 Å². The highest BCUT2D eigenvalue weighted by Gasteiger charge is 2.21. The van der Waals surface area contributed by atoms with Crippen LogP contribution in [0.5, 0.6) is 5.75 Å². The lowest BCUT2D eigenvalue weighted by Crippen LogP contribution is -2.13. The second-order valence-corrected chi connectivity index (χ2v) is 6.30. The van der Waals surface area contributed by atoms with E-state index in [0.717, 1.165) is 0 Å². The summed E-state index contributed by atoms with van der Waals surface area (Å²) in [5.74, 6) is 0.827. The number of hydrogen-bond acceptors (Lipinski definition) is 5. The zero-order valence-corrected chi connectivity index (χ0v) is 13.0. The van der Waals surface area contributed by atoms with Crippen LogP contribution in [0.4, 0.5) is 5.69 Å². The van der Waals surface area contributed by atoms with Crippen molar-refractivity contribution in [2.24, 2.45) is 0 Å². The van der Waals surface area contributed by atoms with Crippen LogP contribution in [0.2, 0.25) is 5.02 Å². The van der Waals surface area contributed by atoms with Gasteiger partial charge >= 0.3 is 0 Å². The molecule has 0 unspecified atom stereocenters. The van der Waals surface area contributed by atoms with Crippen molar-refractivity contribution in [2.45, 2.75) is 18.4 Å². The summed E-state index contributed by atoms with van der Waals surface area (Å²) in [6.07, 6.45) is 0. The monoisotopic (exact) mass is 331 g/mol. The Hall–Kier alpha value is -1.70. The fourth-order valence-electron chi connectivity index (χ4n) is 1.81. The van der Waals surface area contributed by atoms with Crippen molar-refractivity contribution in [3.8, 4) is 5.75 Å². The summed E-state index contributed by atoms with van der Waals surface area (Å²) >= 11 is 5.95. The van der Waals surface area contributed by atoms with Gasteiger partial charge in [-0.15, -0.1) is 0 Å². The second kappa shape index (κ2) is 5.97. The molecule has 0 aliphatic rings. The Balaban J connectivity index is 2.32. The molecule has 2 N–H and O–H groups in total. The van der Waals surface area contributed by atoms with Crippen LogP contribution in [0, 0.1) is 6.92 Å². The summed E-state index contributed by atoms with van der Waals surface area (Å²) in [4.78, 5) is -0.0292. The maximum absolute atomic E-state index is 12.3. The molecule has 114 valence electrons. The van der Waals surface area contributed by atoms with E-state index in [2.05, 4.69) is 4.72 Å². The van der Waals surface area contributed by atoms with E-state index in [1.807, 2.05) is 0 Å². The molecule has 0 saturated heterocycles. The fraction of sp³-hybridized carbons (Fsp3) is 0.231. The van der Waals surface area contributed by atoms with Crippen LogP contribution in [0.1, 0.15) is 11.5 Å². The molecule has 0 atom stereocenters. The molecule has 2 aromatic rings. The number of methoxy groups -OCH3 is 1. The summed E-state index contributed by atoms with van der Waals surface area (Å²) < 4.78 is 37.1. The number of aryl methyl sites for hydroxylation is 1. The fourth-order valence-corrected chi connectivity index (χ4v) is 3.32. The average molecular weight is 332 g/mol. The first-order valence-electron chi connectivity index (χ1n) is 5.94. The van der Waals surface area contributed by atoms with Gasteiger partial charge in [0, 0.05) is 6.07 Å². The lowest BCUT2D eigenvalue weighted by atomic mass is 10.3. The molecule has 1 aromatic carbocycles. The predicted molar refractivity (Wildman–Crippen MR) is 78.2 cm³/mol. The summed E-state index contributed by atoms with van der Waals surface area (Å²) in [5, 5.41) is 9.27. The summed E-state index contributed by atoms with van der Waals surface area (Å²) in [6.45, 7) is 1.14. The minimum atomic E-state index is -3.82. The van der Waals surface area contributed by atoms with Crippen LogP contribution < -0.4 is 9.46 Å². The topological polar surface area (TPSA) is 88.8 Å². The first-order valence-corrected chi connectivity index (χ1v) is 7.80.